The molecule has 1 saturated carbocycles. The second kappa shape index (κ2) is 6.49. The van der Waals surface area contributed by atoms with Crippen molar-refractivity contribution < 1.29 is 14.3 Å². The van der Waals surface area contributed by atoms with E-state index in [4.69, 9.17) is 4.42 Å². The highest BCUT2D eigenvalue weighted by molar-refractivity contribution is 7.10. The van der Waals surface area contributed by atoms with E-state index < -0.39 is 11.5 Å². The van der Waals surface area contributed by atoms with Crippen LogP contribution in [0.15, 0.2) is 28.0 Å². The highest BCUT2D eigenvalue weighted by Gasteiger charge is 2.43. The molecule has 0 bridgehead atoms. The monoisotopic (exact) mass is 333 g/mol. The predicted molar refractivity (Wildman–Crippen MR) is 90.6 cm³/mol. The number of nitrogens with one attached hydrogen (secondary N) is 1. The molecule has 2 heterocycles. The summed E-state index contributed by atoms with van der Waals surface area (Å²) >= 11 is 1.65. The standard InChI is InChI=1S/C18H23NO3S/c1-12-10-14(13(2)22-12)15(20)11-19-17(21)18(7-3-4-8-18)16-6-5-9-23-16/h5-6,9-10,15,20H,3-4,7-8,11H2,1-2H3,(H,19,21). The molecule has 0 radical (unpaired) electrons. The number of aryl methyl sites for hydroxylation is 2. The van der Waals surface area contributed by atoms with Gasteiger partial charge < -0.3 is 14.8 Å². The number of carbonyl (C=O) groups is 1. The van der Waals surface area contributed by atoms with Gasteiger partial charge in [-0.2, -0.15) is 0 Å². The Hall–Kier alpha value is -1.59. The second-order valence-electron chi connectivity index (χ2n) is 6.36. The van der Waals surface area contributed by atoms with Gasteiger partial charge in [0.2, 0.25) is 5.91 Å². The van der Waals surface area contributed by atoms with Crippen LogP contribution in [0.2, 0.25) is 0 Å². The lowest BCUT2D eigenvalue weighted by Crippen LogP contribution is -2.43. The zero-order chi connectivity index (χ0) is 16.4. The molecular formula is C18H23NO3S. The lowest BCUT2D eigenvalue weighted by Gasteiger charge is -2.27. The highest BCUT2D eigenvalue weighted by atomic mass is 32.1. The molecule has 0 spiro atoms. The van der Waals surface area contributed by atoms with Gasteiger partial charge in [0.05, 0.1) is 11.5 Å². The minimum Gasteiger partial charge on any atom is -0.466 e. The molecule has 1 amide bonds. The van der Waals surface area contributed by atoms with Gasteiger partial charge in [-0.15, -0.1) is 11.3 Å². The maximum Gasteiger partial charge on any atom is 0.231 e. The number of thiophene rings is 1. The molecule has 5 heteroatoms. The first-order valence-corrected chi connectivity index (χ1v) is 8.98. The smallest absolute Gasteiger partial charge is 0.231 e. The zero-order valence-electron chi connectivity index (χ0n) is 13.6. The summed E-state index contributed by atoms with van der Waals surface area (Å²) in [5.41, 5.74) is 0.342. The third-order valence-electron chi connectivity index (χ3n) is 4.78. The number of carbonyl (C=O) groups excluding carboxylic acids is 1. The molecule has 1 aliphatic rings. The summed E-state index contributed by atoms with van der Waals surface area (Å²) in [5, 5.41) is 15.3. The average Bonchev–Trinajstić information content (AvgIpc) is 3.24. The summed E-state index contributed by atoms with van der Waals surface area (Å²) in [7, 11) is 0. The summed E-state index contributed by atoms with van der Waals surface area (Å²) in [6.45, 7) is 3.90. The molecular weight excluding hydrogens is 310 g/mol. The number of aliphatic hydroxyl groups excluding tert-OH is 1. The van der Waals surface area contributed by atoms with E-state index in [0.29, 0.717) is 5.76 Å². The quantitative estimate of drug-likeness (QED) is 0.878. The molecule has 124 valence electrons. The first-order chi connectivity index (χ1) is 11.0. The molecule has 0 aliphatic heterocycles. The Labute approximate surface area is 140 Å². The van der Waals surface area contributed by atoms with Gasteiger partial charge >= 0.3 is 0 Å². The van der Waals surface area contributed by atoms with Crippen molar-refractivity contribution in [3.05, 3.63) is 45.5 Å². The summed E-state index contributed by atoms with van der Waals surface area (Å²) in [5.74, 6) is 1.51. The first-order valence-electron chi connectivity index (χ1n) is 8.10. The fourth-order valence-corrected chi connectivity index (χ4v) is 4.55. The molecule has 4 nitrogen and oxygen atoms in total. The molecule has 1 atom stereocenters. The van der Waals surface area contributed by atoms with Crippen LogP contribution in [0.3, 0.4) is 0 Å². The van der Waals surface area contributed by atoms with Crippen molar-refractivity contribution in [3.63, 3.8) is 0 Å². The van der Waals surface area contributed by atoms with Crippen LogP contribution in [0.1, 0.15) is 53.7 Å². The normalized spacial score (nSPS) is 18.0. The van der Waals surface area contributed by atoms with Gasteiger partial charge in [0, 0.05) is 17.0 Å². The van der Waals surface area contributed by atoms with Gasteiger partial charge in [-0.1, -0.05) is 18.9 Å². The lowest BCUT2D eigenvalue weighted by molar-refractivity contribution is -0.127. The Bertz CT molecular complexity index is 669. The molecule has 23 heavy (non-hydrogen) atoms. The first kappa shape index (κ1) is 16.3. The number of rotatable bonds is 5. The van der Waals surface area contributed by atoms with Crippen molar-refractivity contribution in [2.24, 2.45) is 0 Å². The van der Waals surface area contributed by atoms with Crippen LogP contribution in [-0.2, 0) is 10.2 Å². The van der Waals surface area contributed by atoms with E-state index in [1.165, 1.54) is 0 Å². The van der Waals surface area contributed by atoms with Crippen molar-refractivity contribution in [2.45, 2.75) is 51.0 Å². The summed E-state index contributed by atoms with van der Waals surface area (Å²) < 4.78 is 5.45. The van der Waals surface area contributed by atoms with E-state index in [9.17, 15) is 9.90 Å². The Kier molecular flexibility index (Phi) is 4.60. The van der Waals surface area contributed by atoms with Gasteiger partial charge in [0.15, 0.2) is 0 Å². The fourth-order valence-electron chi connectivity index (χ4n) is 3.56. The van der Waals surface area contributed by atoms with Crippen molar-refractivity contribution >= 4 is 17.2 Å². The van der Waals surface area contributed by atoms with Gasteiger partial charge in [-0.25, -0.2) is 0 Å². The van der Waals surface area contributed by atoms with Crippen molar-refractivity contribution in [2.75, 3.05) is 6.54 Å². The molecule has 3 rings (SSSR count). The number of amides is 1. The van der Waals surface area contributed by atoms with Crippen LogP contribution in [0, 0.1) is 13.8 Å². The fraction of sp³-hybridized carbons (Fsp3) is 0.500. The summed E-state index contributed by atoms with van der Waals surface area (Å²) in [6, 6.07) is 5.88. The molecule has 1 fully saturated rings. The Morgan fingerprint density at radius 1 is 1.43 bits per heavy atom. The van der Waals surface area contributed by atoms with Crippen LogP contribution in [0.25, 0.3) is 0 Å². The zero-order valence-corrected chi connectivity index (χ0v) is 14.4. The summed E-state index contributed by atoms with van der Waals surface area (Å²) in [4.78, 5) is 14.0. The molecule has 2 aromatic rings. The van der Waals surface area contributed by atoms with Gasteiger partial charge in [-0.3, -0.25) is 4.79 Å². The van der Waals surface area contributed by atoms with E-state index in [1.54, 1.807) is 11.3 Å². The van der Waals surface area contributed by atoms with Crippen LogP contribution in [0.4, 0.5) is 0 Å². The number of aliphatic hydroxyl groups is 1. The molecule has 2 aromatic heterocycles. The molecule has 0 saturated heterocycles. The lowest BCUT2D eigenvalue weighted by atomic mass is 9.83. The maximum atomic E-state index is 12.9. The largest absolute Gasteiger partial charge is 0.466 e. The van der Waals surface area contributed by atoms with Crippen LogP contribution in [0.5, 0.6) is 0 Å². The van der Waals surface area contributed by atoms with Crippen molar-refractivity contribution in [1.29, 1.82) is 0 Å². The summed E-state index contributed by atoms with van der Waals surface area (Å²) in [6.07, 6.45) is 3.19. The van der Waals surface area contributed by atoms with Gasteiger partial charge in [0.1, 0.15) is 11.5 Å². The minimum absolute atomic E-state index is 0.0365. The van der Waals surface area contributed by atoms with Gasteiger partial charge in [-0.05, 0) is 44.2 Å². The van der Waals surface area contributed by atoms with E-state index >= 15 is 0 Å². The number of hydrogen-bond donors (Lipinski definition) is 2. The molecule has 1 aliphatic carbocycles. The molecule has 1 unspecified atom stereocenters. The topological polar surface area (TPSA) is 62.5 Å². The number of hydrogen-bond acceptors (Lipinski definition) is 4. The van der Waals surface area contributed by atoms with Gasteiger partial charge in [0.25, 0.3) is 0 Å². The molecule has 2 N–H and O–H groups in total. The van der Waals surface area contributed by atoms with E-state index in [2.05, 4.69) is 11.4 Å². The Morgan fingerprint density at radius 2 is 2.17 bits per heavy atom. The van der Waals surface area contributed by atoms with E-state index in [1.807, 2.05) is 31.4 Å². The van der Waals surface area contributed by atoms with Crippen molar-refractivity contribution in [1.82, 2.24) is 5.32 Å². The molecule has 0 aromatic carbocycles. The second-order valence-corrected chi connectivity index (χ2v) is 7.31. The van der Waals surface area contributed by atoms with Crippen LogP contribution < -0.4 is 5.32 Å². The van der Waals surface area contributed by atoms with Crippen molar-refractivity contribution in [3.8, 4) is 0 Å². The third kappa shape index (κ3) is 3.08. The minimum atomic E-state index is -0.738. The van der Waals surface area contributed by atoms with E-state index in [0.717, 1.165) is 41.9 Å². The van der Waals surface area contributed by atoms with E-state index in [-0.39, 0.29) is 12.5 Å². The maximum absolute atomic E-state index is 12.9. The van der Waals surface area contributed by atoms with Crippen LogP contribution in [-0.4, -0.2) is 17.6 Å². The average molecular weight is 333 g/mol. The predicted octanol–water partition coefficient (Wildman–Crippen LogP) is 3.62. The Balaban J connectivity index is 1.70. The third-order valence-corrected chi connectivity index (χ3v) is 5.85. The highest BCUT2D eigenvalue weighted by Crippen LogP contribution is 2.43. The Morgan fingerprint density at radius 3 is 2.74 bits per heavy atom. The SMILES string of the molecule is Cc1cc(C(O)CNC(=O)C2(c3cccs3)CCCC2)c(C)o1. The number of furan rings is 1. The van der Waals surface area contributed by atoms with Crippen LogP contribution >= 0.6 is 11.3 Å².